The summed E-state index contributed by atoms with van der Waals surface area (Å²) < 4.78 is 1.69. The highest BCUT2D eigenvalue weighted by Gasteiger charge is 2.05. The Balaban J connectivity index is 2.84. The molecule has 5 heteroatoms. The van der Waals surface area contributed by atoms with Gasteiger partial charge in [-0.1, -0.05) is 0 Å². The number of amides is 2. The van der Waals surface area contributed by atoms with Gasteiger partial charge < -0.3 is 5.73 Å². The summed E-state index contributed by atoms with van der Waals surface area (Å²) in [6, 6.07) is 1.34. The second-order valence-corrected chi connectivity index (χ2v) is 2.74. The third kappa shape index (κ3) is 1.75. The van der Waals surface area contributed by atoms with E-state index in [2.05, 4.69) is 10.4 Å². The predicted molar refractivity (Wildman–Crippen MR) is 45.8 cm³/mol. The van der Waals surface area contributed by atoms with Crippen LogP contribution < -0.4 is 11.1 Å². The molecule has 12 heavy (non-hydrogen) atoms. The van der Waals surface area contributed by atoms with Crippen molar-refractivity contribution in [2.75, 3.05) is 5.32 Å². The molecule has 0 aromatic carbocycles. The third-order valence-electron chi connectivity index (χ3n) is 1.41. The molecule has 0 fully saturated rings. The summed E-state index contributed by atoms with van der Waals surface area (Å²) in [7, 11) is 0. The Kier molecular flexibility index (Phi) is 2.32. The molecule has 0 saturated carbocycles. The Morgan fingerprint density at radius 3 is 2.92 bits per heavy atom. The van der Waals surface area contributed by atoms with Gasteiger partial charge in [-0.15, -0.1) is 0 Å². The van der Waals surface area contributed by atoms with Crippen molar-refractivity contribution in [3.63, 3.8) is 0 Å². The van der Waals surface area contributed by atoms with Crippen LogP contribution in [-0.4, -0.2) is 15.8 Å². The first-order valence-corrected chi connectivity index (χ1v) is 3.71. The lowest BCUT2D eigenvalue weighted by Crippen LogP contribution is -2.22. The van der Waals surface area contributed by atoms with Crippen molar-refractivity contribution in [1.82, 2.24) is 9.78 Å². The highest BCUT2D eigenvalue weighted by Crippen LogP contribution is 2.11. The number of anilines is 1. The minimum Gasteiger partial charge on any atom is -0.351 e. The van der Waals surface area contributed by atoms with Crippen LogP contribution in [0.25, 0.3) is 0 Å². The summed E-state index contributed by atoms with van der Waals surface area (Å²) in [6.07, 6.45) is 1.62. The number of hydrogen-bond acceptors (Lipinski definition) is 2. The Labute approximate surface area is 70.5 Å². The molecule has 1 aromatic heterocycles. The number of hydrogen-bond donors (Lipinski definition) is 2. The second-order valence-electron chi connectivity index (χ2n) is 2.74. The minimum absolute atomic E-state index is 0.210. The lowest BCUT2D eigenvalue weighted by atomic mass is 10.4. The molecule has 0 unspecified atom stereocenters. The number of primary amides is 1. The fourth-order valence-corrected chi connectivity index (χ4v) is 0.951. The number of nitrogens with two attached hydrogens (primary N) is 1. The zero-order valence-corrected chi connectivity index (χ0v) is 7.11. The second kappa shape index (κ2) is 3.25. The molecule has 0 atom stereocenters. The number of urea groups is 1. The van der Waals surface area contributed by atoms with Gasteiger partial charge in [0, 0.05) is 12.1 Å². The lowest BCUT2D eigenvalue weighted by molar-refractivity contribution is 0.259. The molecule has 1 rings (SSSR count). The summed E-state index contributed by atoms with van der Waals surface area (Å²) in [5, 5.41) is 6.49. The molecular weight excluding hydrogens is 156 g/mol. The van der Waals surface area contributed by atoms with Crippen molar-refractivity contribution in [3.8, 4) is 0 Å². The van der Waals surface area contributed by atoms with E-state index in [0.29, 0.717) is 5.82 Å². The maximum absolute atomic E-state index is 10.5. The average Bonchev–Trinajstić information content (AvgIpc) is 2.33. The Morgan fingerprint density at radius 2 is 2.42 bits per heavy atom. The molecule has 0 spiro atoms. The van der Waals surface area contributed by atoms with E-state index in [1.54, 1.807) is 16.9 Å². The summed E-state index contributed by atoms with van der Waals surface area (Å²) >= 11 is 0. The molecule has 0 aliphatic carbocycles. The van der Waals surface area contributed by atoms with E-state index < -0.39 is 6.03 Å². The number of aromatic nitrogens is 2. The van der Waals surface area contributed by atoms with Crippen molar-refractivity contribution >= 4 is 11.8 Å². The fourth-order valence-electron chi connectivity index (χ4n) is 0.951. The molecule has 0 radical (unpaired) electrons. The minimum atomic E-state index is -0.572. The van der Waals surface area contributed by atoms with Crippen LogP contribution in [0.3, 0.4) is 0 Å². The number of nitrogens with zero attached hydrogens (tertiary/aromatic N) is 2. The van der Waals surface area contributed by atoms with Crippen molar-refractivity contribution in [3.05, 3.63) is 12.3 Å². The SMILES string of the molecule is CC(C)n1nccc1NC(N)=O. The van der Waals surface area contributed by atoms with E-state index in [1.807, 2.05) is 13.8 Å². The molecule has 0 saturated heterocycles. The van der Waals surface area contributed by atoms with E-state index in [9.17, 15) is 4.79 Å². The van der Waals surface area contributed by atoms with Crippen LogP contribution in [0.4, 0.5) is 10.6 Å². The van der Waals surface area contributed by atoms with E-state index in [4.69, 9.17) is 5.73 Å². The standard InChI is InChI=1S/C7H12N4O/c1-5(2)11-6(3-4-9-11)10-7(8)12/h3-5H,1-2H3,(H3,8,10,12). The van der Waals surface area contributed by atoms with Gasteiger partial charge in [0.05, 0.1) is 6.20 Å². The van der Waals surface area contributed by atoms with Gasteiger partial charge in [0.25, 0.3) is 0 Å². The zero-order chi connectivity index (χ0) is 9.14. The van der Waals surface area contributed by atoms with Crippen LogP contribution >= 0.6 is 0 Å². The monoisotopic (exact) mass is 168 g/mol. The molecule has 0 aliphatic rings. The molecule has 3 N–H and O–H groups in total. The van der Waals surface area contributed by atoms with Crippen LogP contribution in [0.2, 0.25) is 0 Å². The first-order valence-electron chi connectivity index (χ1n) is 3.71. The van der Waals surface area contributed by atoms with Crippen LogP contribution in [0.5, 0.6) is 0 Å². The maximum atomic E-state index is 10.5. The van der Waals surface area contributed by atoms with Crippen LogP contribution in [0.15, 0.2) is 12.3 Å². The summed E-state index contributed by atoms with van der Waals surface area (Å²) in [5.41, 5.74) is 4.96. The molecule has 1 aromatic rings. The Morgan fingerprint density at radius 1 is 1.75 bits per heavy atom. The highest BCUT2D eigenvalue weighted by atomic mass is 16.2. The van der Waals surface area contributed by atoms with E-state index >= 15 is 0 Å². The predicted octanol–water partition coefficient (Wildman–Crippen LogP) is 0.955. The van der Waals surface area contributed by atoms with Gasteiger partial charge in [-0.3, -0.25) is 5.32 Å². The van der Waals surface area contributed by atoms with Crippen molar-refractivity contribution in [2.24, 2.45) is 5.73 Å². The molecule has 0 bridgehead atoms. The van der Waals surface area contributed by atoms with E-state index in [0.717, 1.165) is 0 Å². The number of carbonyl (C=O) groups excluding carboxylic acids is 1. The van der Waals surface area contributed by atoms with Gasteiger partial charge in [0.1, 0.15) is 5.82 Å². The third-order valence-corrected chi connectivity index (χ3v) is 1.41. The Hall–Kier alpha value is -1.52. The maximum Gasteiger partial charge on any atom is 0.317 e. The summed E-state index contributed by atoms with van der Waals surface area (Å²) in [4.78, 5) is 10.5. The highest BCUT2D eigenvalue weighted by molar-refractivity contribution is 5.86. The molecule has 1 heterocycles. The molecule has 2 amide bonds. The van der Waals surface area contributed by atoms with Crippen LogP contribution in [0, 0.1) is 0 Å². The first kappa shape index (κ1) is 8.58. The van der Waals surface area contributed by atoms with Crippen molar-refractivity contribution < 1.29 is 4.79 Å². The normalized spacial score (nSPS) is 10.2. The van der Waals surface area contributed by atoms with Crippen molar-refractivity contribution in [1.29, 1.82) is 0 Å². The van der Waals surface area contributed by atoms with Gasteiger partial charge >= 0.3 is 6.03 Å². The molecular formula is C7H12N4O. The number of nitrogens with one attached hydrogen (secondary N) is 1. The van der Waals surface area contributed by atoms with Gasteiger partial charge in [0.2, 0.25) is 0 Å². The zero-order valence-electron chi connectivity index (χ0n) is 7.11. The number of carbonyl (C=O) groups is 1. The number of rotatable bonds is 2. The van der Waals surface area contributed by atoms with Gasteiger partial charge in [-0.05, 0) is 13.8 Å². The Bertz CT molecular complexity index is 279. The fraction of sp³-hybridized carbons (Fsp3) is 0.429. The van der Waals surface area contributed by atoms with Crippen LogP contribution in [-0.2, 0) is 0 Å². The van der Waals surface area contributed by atoms with E-state index in [1.165, 1.54) is 0 Å². The smallest absolute Gasteiger partial charge is 0.317 e. The largest absolute Gasteiger partial charge is 0.351 e. The summed E-state index contributed by atoms with van der Waals surface area (Å²) in [5.74, 6) is 0.623. The molecule has 66 valence electrons. The van der Waals surface area contributed by atoms with Gasteiger partial charge in [-0.2, -0.15) is 5.10 Å². The lowest BCUT2D eigenvalue weighted by Gasteiger charge is -2.09. The molecule has 0 aliphatic heterocycles. The topological polar surface area (TPSA) is 72.9 Å². The summed E-state index contributed by atoms with van der Waals surface area (Å²) in [6.45, 7) is 3.94. The van der Waals surface area contributed by atoms with E-state index in [-0.39, 0.29) is 6.04 Å². The average molecular weight is 168 g/mol. The first-order chi connectivity index (χ1) is 5.61. The quantitative estimate of drug-likeness (QED) is 0.690. The van der Waals surface area contributed by atoms with Gasteiger partial charge in [0.15, 0.2) is 0 Å². The molecule has 5 nitrogen and oxygen atoms in total. The van der Waals surface area contributed by atoms with Crippen molar-refractivity contribution in [2.45, 2.75) is 19.9 Å². The van der Waals surface area contributed by atoms with Gasteiger partial charge in [-0.25, -0.2) is 9.48 Å². The van der Waals surface area contributed by atoms with Crippen LogP contribution in [0.1, 0.15) is 19.9 Å².